The predicted molar refractivity (Wildman–Crippen MR) is 58.4 cm³/mol. The van der Waals surface area contributed by atoms with Gasteiger partial charge in [-0.3, -0.25) is 4.79 Å². The normalized spacial score (nSPS) is 11.9. The number of benzene rings is 1. The van der Waals surface area contributed by atoms with Crippen molar-refractivity contribution in [2.75, 3.05) is 14.2 Å². The van der Waals surface area contributed by atoms with E-state index in [1.165, 1.54) is 26.4 Å². The van der Waals surface area contributed by atoms with Crippen molar-refractivity contribution in [3.63, 3.8) is 0 Å². The first-order chi connectivity index (χ1) is 7.99. The van der Waals surface area contributed by atoms with E-state index in [2.05, 4.69) is 0 Å². The van der Waals surface area contributed by atoms with E-state index in [1.54, 1.807) is 0 Å². The van der Waals surface area contributed by atoms with Crippen LogP contribution in [0.3, 0.4) is 0 Å². The van der Waals surface area contributed by atoms with Crippen LogP contribution in [0, 0.1) is 0 Å². The summed E-state index contributed by atoms with van der Waals surface area (Å²) in [5.74, 6) is -1.09. The molecule has 0 aromatic heterocycles. The molecule has 1 aromatic carbocycles. The summed E-state index contributed by atoms with van der Waals surface area (Å²) in [4.78, 5) is 10.5. The maximum Gasteiger partial charge on any atom is 0.306 e. The monoisotopic (exact) mass is 242 g/mol. The van der Waals surface area contributed by atoms with Gasteiger partial charge in [0.25, 0.3) is 0 Å². The lowest BCUT2D eigenvalue weighted by Gasteiger charge is -2.14. The molecule has 6 nitrogen and oxygen atoms in total. The number of carbonyl (C=O) groups is 1. The lowest BCUT2D eigenvalue weighted by molar-refractivity contribution is -0.139. The number of phenols is 1. The van der Waals surface area contributed by atoms with Crippen LogP contribution in [0.25, 0.3) is 0 Å². The van der Waals surface area contributed by atoms with Crippen molar-refractivity contribution in [1.29, 1.82) is 0 Å². The molecule has 0 saturated carbocycles. The van der Waals surface area contributed by atoms with Gasteiger partial charge in [0.2, 0.25) is 5.75 Å². The summed E-state index contributed by atoms with van der Waals surface area (Å²) >= 11 is 0. The summed E-state index contributed by atoms with van der Waals surface area (Å²) in [5.41, 5.74) is 0.305. The zero-order chi connectivity index (χ0) is 13.0. The first-order valence-corrected chi connectivity index (χ1v) is 4.84. The van der Waals surface area contributed by atoms with Crippen LogP contribution < -0.4 is 9.47 Å². The molecule has 0 heterocycles. The molecular weight excluding hydrogens is 228 g/mol. The maximum absolute atomic E-state index is 10.5. The molecule has 3 N–H and O–H groups in total. The fourth-order valence-electron chi connectivity index (χ4n) is 1.39. The molecule has 1 aromatic rings. The van der Waals surface area contributed by atoms with E-state index in [-0.39, 0.29) is 17.2 Å². The number of carboxylic acid groups (broad SMARTS) is 1. The third-order valence-corrected chi connectivity index (χ3v) is 2.25. The highest BCUT2D eigenvalue weighted by Gasteiger charge is 2.18. The highest BCUT2D eigenvalue weighted by molar-refractivity contribution is 5.68. The van der Waals surface area contributed by atoms with Crippen LogP contribution in [0.5, 0.6) is 17.2 Å². The standard InChI is InChI=1S/C11H14O6/c1-16-8-3-6(7(12)5-10(13)14)4-9(17-2)11(8)15/h3-4,7,12,15H,5H2,1-2H3,(H,13,14)/t7-/m0/s1. The summed E-state index contributed by atoms with van der Waals surface area (Å²) < 4.78 is 9.79. The number of phenolic OH excluding ortho intramolecular Hbond substituents is 1. The molecule has 0 radical (unpaired) electrons. The average molecular weight is 242 g/mol. The van der Waals surface area contributed by atoms with Crippen molar-refractivity contribution in [3.05, 3.63) is 17.7 Å². The summed E-state index contributed by atoms with van der Waals surface area (Å²) in [5, 5.41) is 27.9. The van der Waals surface area contributed by atoms with Gasteiger partial charge in [0.05, 0.1) is 26.7 Å². The van der Waals surface area contributed by atoms with E-state index in [0.717, 1.165) is 0 Å². The van der Waals surface area contributed by atoms with Crippen molar-refractivity contribution in [2.24, 2.45) is 0 Å². The zero-order valence-corrected chi connectivity index (χ0v) is 9.51. The van der Waals surface area contributed by atoms with Gasteiger partial charge >= 0.3 is 5.97 Å². The van der Waals surface area contributed by atoms with Crippen LogP contribution in [0.4, 0.5) is 0 Å². The number of carboxylic acids is 1. The Morgan fingerprint density at radius 2 is 1.76 bits per heavy atom. The Bertz CT molecular complexity index is 389. The predicted octanol–water partition coefficient (Wildman–Crippen LogP) is 0.917. The molecule has 0 fully saturated rings. The molecule has 0 amide bonds. The highest BCUT2D eigenvalue weighted by atomic mass is 16.5. The molecule has 0 unspecified atom stereocenters. The van der Waals surface area contributed by atoms with Crippen molar-refractivity contribution in [3.8, 4) is 17.2 Å². The van der Waals surface area contributed by atoms with Crippen LogP contribution in [-0.2, 0) is 4.79 Å². The molecule has 6 heteroatoms. The SMILES string of the molecule is COc1cc([C@@H](O)CC(=O)O)cc(OC)c1O. The van der Waals surface area contributed by atoms with E-state index in [9.17, 15) is 15.0 Å². The summed E-state index contributed by atoms with van der Waals surface area (Å²) in [6.45, 7) is 0. The topological polar surface area (TPSA) is 96.2 Å². The summed E-state index contributed by atoms with van der Waals surface area (Å²) in [6.07, 6.45) is -1.62. The van der Waals surface area contributed by atoms with Gasteiger partial charge in [-0.1, -0.05) is 0 Å². The fraction of sp³-hybridized carbons (Fsp3) is 0.364. The highest BCUT2D eigenvalue weighted by Crippen LogP contribution is 2.39. The average Bonchev–Trinajstić information content (AvgIpc) is 2.28. The van der Waals surface area contributed by atoms with Crippen LogP contribution in [0.2, 0.25) is 0 Å². The maximum atomic E-state index is 10.5. The second-order valence-corrected chi connectivity index (χ2v) is 3.39. The third-order valence-electron chi connectivity index (χ3n) is 2.25. The Morgan fingerprint density at radius 1 is 1.29 bits per heavy atom. The smallest absolute Gasteiger partial charge is 0.306 e. The molecule has 17 heavy (non-hydrogen) atoms. The number of aromatic hydroxyl groups is 1. The minimum Gasteiger partial charge on any atom is -0.502 e. The molecule has 0 aliphatic carbocycles. The van der Waals surface area contributed by atoms with Gasteiger partial charge in [0, 0.05) is 0 Å². The molecule has 0 aliphatic rings. The van der Waals surface area contributed by atoms with Crippen LogP contribution in [0.15, 0.2) is 12.1 Å². The Balaban J connectivity index is 3.12. The molecular formula is C11H14O6. The molecule has 1 atom stereocenters. The van der Waals surface area contributed by atoms with Crippen LogP contribution in [-0.4, -0.2) is 35.5 Å². The van der Waals surface area contributed by atoms with E-state index in [0.29, 0.717) is 5.56 Å². The third kappa shape index (κ3) is 3.01. The summed E-state index contributed by atoms with van der Waals surface area (Å²) in [6, 6.07) is 2.73. The number of hydrogen-bond donors (Lipinski definition) is 3. The minimum atomic E-state index is -1.18. The number of aliphatic hydroxyl groups is 1. The van der Waals surface area contributed by atoms with E-state index < -0.39 is 18.5 Å². The Morgan fingerprint density at radius 3 is 2.12 bits per heavy atom. The van der Waals surface area contributed by atoms with Crippen molar-refractivity contribution < 1.29 is 29.6 Å². The number of aliphatic carboxylic acids is 1. The number of ether oxygens (including phenoxy) is 2. The molecule has 0 saturated heterocycles. The summed E-state index contributed by atoms with van der Waals surface area (Å²) in [7, 11) is 2.70. The van der Waals surface area contributed by atoms with Gasteiger partial charge in [-0.05, 0) is 17.7 Å². The van der Waals surface area contributed by atoms with E-state index >= 15 is 0 Å². The van der Waals surface area contributed by atoms with Gasteiger partial charge in [0.1, 0.15) is 0 Å². The molecule has 0 aliphatic heterocycles. The van der Waals surface area contributed by atoms with Crippen LogP contribution in [0.1, 0.15) is 18.1 Å². The minimum absolute atomic E-state index is 0.115. The van der Waals surface area contributed by atoms with Gasteiger partial charge in [-0.25, -0.2) is 0 Å². The molecule has 1 rings (SSSR count). The Kier molecular flexibility index (Phi) is 4.17. The number of aliphatic hydroxyl groups excluding tert-OH is 1. The lowest BCUT2D eigenvalue weighted by Crippen LogP contribution is -2.06. The van der Waals surface area contributed by atoms with Gasteiger partial charge in [-0.2, -0.15) is 0 Å². The second kappa shape index (κ2) is 5.40. The van der Waals surface area contributed by atoms with Crippen molar-refractivity contribution in [1.82, 2.24) is 0 Å². The zero-order valence-electron chi connectivity index (χ0n) is 9.51. The quantitative estimate of drug-likeness (QED) is 0.710. The number of hydrogen-bond acceptors (Lipinski definition) is 5. The van der Waals surface area contributed by atoms with E-state index in [1.807, 2.05) is 0 Å². The molecule has 0 spiro atoms. The van der Waals surface area contributed by atoms with Gasteiger partial charge in [-0.15, -0.1) is 0 Å². The Hall–Kier alpha value is -1.95. The first kappa shape index (κ1) is 13.1. The number of methoxy groups -OCH3 is 2. The Labute approximate surface area is 98.0 Å². The van der Waals surface area contributed by atoms with Crippen LogP contribution >= 0.6 is 0 Å². The van der Waals surface area contributed by atoms with E-state index in [4.69, 9.17) is 14.6 Å². The second-order valence-electron chi connectivity index (χ2n) is 3.39. The first-order valence-electron chi connectivity index (χ1n) is 4.84. The van der Waals surface area contributed by atoms with Gasteiger partial charge in [0.15, 0.2) is 11.5 Å². The number of rotatable bonds is 5. The van der Waals surface area contributed by atoms with Crippen molar-refractivity contribution >= 4 is 5.97 Å². The fourth-order valence-corrected chi connectivity index (χ4v) is 1.39. The largest absolute Gasteiger partial charge is 0.502 e. The molecule has 0 bridgehead atoms. The van der Waals surface area contributed by atoms with Crippen molar-refractivity contribution in [2.45, 2.75) is 12.5 Å². The molecule has 94 valence electrons. The van der Waals surface area contributed by atoms with Gasteiger partial charge < -0.3 is 24.8 Å². The lowest BCUT2D eigenvalue weighted by atomic mass is 10.1.